The van der Waals surface area contributed by atoms with Crippen molar-refractivity contribution >= 4 is 23.2 Å². The lowest BCUT2D eigenvalue weighted by molar-refractivity contribution is 0.100. The van der Waals surface area contributed by atoms with Crippen molar-refractivity contribution in [3.63, 3.8) is 0 Å². The topological polar surface area (TPSA) is 102 Å². The maximum Gasteiger partial charge on any atom is 0.251 e. The molecule has 0 aliphatic heterocycles. The van der Waals surface area contributed by atoms with Gasteiger partial charge in [0.15, 0.2) is 0 Å². The molecule has 0 saturated heterocycles. The number of nitrogens with one attached hydrogen (secondary N) is 1. The number of nitrogens with two attached hydrogens (primary N) is 1. The highest BCUT2D eigenvalue weighted by molar-refractivity contribution is 6.09. The van der Waals surface area contributed by atoms with Gasteiger partial charge < -0.3 is 5.73 Å². The van der Waals surface area contributed by atoms with Crippen LogP contribution in [0.1, 0.15) is 15.9 Å². The molecular formula is C8H5N4O2. The van der Waals surface area contributed by atoms with Crippen LogP contribution in [0.2, 0.25) is 0 Å². The Morgan fingerprint density at radius 1 is 1.50 bits per heavy atom. The smallest absolute Gasteiger partial charge is 0.251 e. The highest BCUT2D eigenvalue weighted by Gasteiger charge is 2.14. The van der Waals surface area contributed by atoms with E-state index in [0.717, 1.165) is 0 Å². The predicted octanol–water partition coefficient (Wildman–Crippen LogP) is -0.485. The third-order valence-corrected chi connectivity index (χ3v) is 1.86. The normalized spacial score (nSPS) is 10.3. The molecule has 0 saturated carbocycles. The van der Waals surface area contributed by atoms with Gasteiger partial charge in [-0.1, -0.05) is 5.21 Å². The maximum atomic E-state index is 11.1. The van der Waals surface area contributed by atoms with E-state index in [9.17, 15) is 9.59 Å². The van der Waals surface area contributed by atoms with Gasteiger partial charge in [-0.05, 0) is 12.1 Å². The number of fused-ring (bicyclic) bond motifs is 1. The van der Waals surface area contributed by atoms with Gasteiger partial charge in [0.2, 0.25) is 6.29 Å². The fourth-order valence-corrected chi connectivity index (χ4v) is 1.26. The fraction of sp³-hybridized carbons (Fsp3) is 0. The zero-order chi connectivity index (χ0) is 10.1. The van der Waals surface area contributed by atoms with E-state index < -0.39 is 5.91 Å². The van der Waals surface area contributed by atoms with Gasteiger partial charge in [-0.25, -0.2) is 0 Å². The molecule has 1 aromatic carbocycles. The van der Waals surface area contributed by atoms with E-state index in [1.165, 1.54) is 6.07 Å². The van der Waals surface area contributed by atoms with Crippen LogP contribution in [0.25, 0.3) is 11.0 Å². The Kier molecular flexibility index (Phi) is 1.74. The van der Waals surface area contributed by atoms with Crippen molar-refractivity contribution in [3.8, 4) is 0 Å². The zero-order valence-corrected chi connectivity index (χ0v) is 6.94. The van der Waals surface area contributed by atoms with Gasteiger partial charge in [0, 0.05) is 5.56 Å². The van der Waals surface area contributed by atoms with Crippen LogP contribution in [0.15, 0.2) is 12.1 Å². The molecule has 14 heavy (non-hydrogen) atoms. The second-order valence-electron chi connectivity index (χ2n) is 2.66. The monoisotopic (exact) mass is 189 g/mol. The third kappa shape index (κ3) is 1.05. The van der Waals surface area contributed by atoms with Gasteiger partial charge in [0.25, 0.3) is 5.91 Å². The second-order valence-corrected chi connectivity index (χ2v) is 2.66. The molecule has 0 unspecified atom stereocenters. The summed E-state index contributed by atoms with van der Waals surface area (Å²) in [4.78, 5) is 21.6. The largest absolute Gasteiger partial charge is 0.366 e. The Morgan fingerprint density at radius 3 is 2.93 bits per heavy atom. The van der Waals surface area contributed by atoms with E-state index in [0.29, 0.717) is 11.0 Å². The van der Waals surface area contributed by atoms with Gasteiger partial charge in [0.1, 0.15) is 5.52 Å². The van der Waals surface area contributed by atoms with Crippen LogP contribution in [0.3, 0.4) is 0 Å². The molecule has 3 N–H and O–H groups in total. The molecule has 6 nitrogen and oxygen atoms in total. The molecule has 2 rings (SSSR count). The number of hydrogen-bond donors (Lipinski definition) is 2. The number of carbonyl (C=O) groups is 1. The van der Waals surface area contributed by atoms with Gasteiger partial charge >= 0.3 is 0 Å². The number of rotatable bonds is 2. The van der Waals surface area contributed by atoms with E-state index in [4.69, 9.17) is 5.73 Å². The first-order chi connectivity index (χ1) is 6.74. The Balaban J connectivity index is 2.88. The quantitative estimate of drug-likeness (QED) is 0.665. The predicted molar refractivity (Wildman–Crippen MR) is 47.2 cm³/mol. The third-order valence-electron chi connectivity index (χ3n) is 1.86. The van der Waals surface area contributed by atoms with Gasteiger partial charge in [0.05, 0.1) is 11.1 Å². The number of aromatic amines is 1. The van der Waals surface area contributed by atoms with Crippen molar-refractivity contribution in [2.75, 3.05) is 0 Å². The number of nitrogens with zero attached hydrogens (tertiary/aromatic N) is 2. The number of amides is 1. The maximum absolute atomic E-state index is 11.1. The van der Waals surface area contributed by atoms with Crippen LogP contribution < -0.4 is 5.73 Å². The molecule has 0 atom stereocenters. The number of benzene rings is 1. The first-order valence-electron chi connectivity index (χ1n) is 3.75. The second kappa shape index (κ2) is 2.91. The molecule has 6 heteroatoms. The average molecular weight is 189 g/mol. The van der Waals surface area contributed by atoms with E-state index in [-0.39, 0.29) is 11.1 Å². The lowest BCUT2D eigenvalue weighted by Gasteiger charge is -1.98. The summed E-state index contributed by atoms with van der Waals surface area (Å²) < 4.78 is 0. The minimum absolute atomic E-state index is 0.0718. The van der Waals surface area contributed by atoms with Gasteiger partial charge in [-0.2, -0.15) is 0 Å². The molecule has 0 fully saturated rings. The minimum Gasteiger partial charge on any atom is -0.366 e. The SMILES string of the molecule is NC(=O)c1c([C]=O)ccc2nn[nH]c12. The summed E-state index contributed by atoms with van der Waals surface area (Å²) in [5.41, 5.74) is 6.14. The first kappa shape index (κ1) is 8.36. The van der Waals surface area contributed by atoms with Crippen molar-refractivity contribution in [1.82, 2.24) is 15.4 Å². The zero-order valence-electron chi connectivity index (χ0n) is 6.94. The van der Waals surface area contributed by atoms with Crippen LogP contribution in [0, 0.1) is 0 Å². The Bertz CT molecular complexity index is 517. The molecule has 0 aliphatic carbocycles. The number of carbonyl (C=O) groups excluding carboxylic acids is 2. The summed E-state index contributed by atoms with van der Waals surface area (Å²) >= 11 is 0. The van der Waals surface area contributed by atoms with E-state index in [1.54, 1.807) is 12.4 Å². The molecule has 1 amide bonds. The van der Waals surface area contributed by atoms with Crippen molar-refractivity contribution < 1.29 is 9.59 Å². The molecule has 69 valence electrons. The van der Waals surface area contributed by atoms with Crippen LogP contribution >= 0.6 is 0 Å². The summed E-state index contributed by atoms with van der Waals surface area (Å²) in [5, 5.41) is 9.70. The molecule has 1 aromatic heterocycles. The van der Waals surface area contributed by atoms with Crippen molar-refractivity contribution in [2.24, 2.45) is 5.73 Å². The van der Waals surface area contributed by atoms with Gasteiger partial charge in [-0.3, -0.25) is 14.7 Å². The van der Waals surface area contributed by atoms with E-state index in [1.807, 2.05) is 0 Å². The number of aromatic nitrogens is 3. The number of H-pyrrole nitrogens is 1. The summed E-state index contributed by atoms with van der Waals surface area (Å²) in [5.74, 6) is -0.708. The van der Waals surface area contributed by atoms with Crippen molar-refractivity contribution in [3.05, 3.63) is 23.3 Å². The van der Waals surface area contributed by atoms with Crippen LogP contribution in [-0.2, 0) is 4.79 Å². The standard InChI is InChI=1S/C8H5N4O2/c9-8(14)6-4(3-13)1-2-5-7(6)11-12-10-5/h1-2H,(H2,9,14)(H,10,11,12). The summed E-state index contributed by atoms with van der Waals surface area (Å²) in [7, 11) is 0. The van der Waals surface area contributed by atoms with Crippen molar-refractivity contribution in [1.29, 1.82) is 0 Å². The first-order valence-corrected chi connectivity index (χ1v) is 3.75. The summed E-state index contributed by atoms with van der Waals surface area (Å²) in [6.07, 6.45) is 1.63. The summed E-state index contributed by atoms with van der Waals surface area (Å²) in [6.45, 7) is 0. The minimum atomic E-state index is -0.708. The molecule has 1 heterocycles. The van der Waals surface area contributed by atoms with Crippen LogP contribution in [-0.4, -0.2) is 27.6 Å². The Hall–Kier alpha value is -2.24. The molecular weight excluding hydrogens is 184 g/mol. The van der Waals surface area contributed by atoms with Crippen molar-refractivity contribution in [2.45, 2.75) is 0 Å². The molecule has 1 radical (unpaired) electrons. The fourth-order valence-electron chi connectivity index (χ4n) is 1.26. The lowest BCUT2D eigenvalue weighted by atomic mass is 10.1. The molecule has 0 aliphatic rings. The highest BCUT2D eigenvalue weighted by atomic mass is 16.1. The molecule has 2 aromatic rings. The molecule has 0 spiro atoms. The van der Waals surface area contributed by atoms with Crippen LogP contribution in [0.4, 0.5) is 0 Å². The van der Waals surface area contributed by atoms with E-state index in [2.05, 4.69) is 15.4 Å². The summed E-state index contributed by atoms with van der Waals surface area (Å²) in [6, 6.07) is 2.99. The number of hydrogen-bond acceptors (Lipinski definition) is 4. The lowest BCUT2D eigenvalue weighted by Crippen LogP contribution is -2.14. The van der Waals surface area contributed by atoms with E-state index >= 15 is 0 Å². The average Bonchev–Trinajstić information content (AvgIpc) is 2.62. The Labute approximate surface area is 78.1 Å². The number of primary amides is 1. The Morgan fingerprint density at radius 2 is 2.29 bits per heavy atom. The molecule has 0 bridgehead atoms. The van der Waals surface area contributed by atoms with Crippen LogP contribution in [0.5, 0.6) is 0 Å². The highest BCUT2D eigenvalue weighted by Crippen LogP contribution is 2.16. The van der Waals surface area contributed by atoms with Gasteiger partial charge in [-0.15, -0.1) is 5.10 Å².